The van der Waals surface area contributed by atoms with Gasteiger partial charge in [0.1, 0.15) is 6.61 Å². The topological polar surface area (TPSA) is 61.8 Å². The zero-order valence-electron chi connectivity index (χ0n) is 42.4. The Bertz CT molecular complexity index is 1450. The average Bonchev–Trinajstić information content (AvgIpc) is 3.32. The molecule has 0 aromatic rings. The van der Waals surface area contributed by atoms with Gasteiger partial charge in [-0.15, -0.1) is 0 Å². The van der Waals surface area contributed by atoms with Crippen LogP contribution in [0.5, 0.6) is 0 Å². The van der Waals surface area contributed by atoms with E-state index in [0.29, 0.717) is 19.4 Å². The van der Waals surface area contributed by atoms with Crippen molar-refractivity contribution in [1.82, 2.24) is 0 Å². The minimum Gasteiger partial charge on any atom is -0.462 e. The largest absolute Gasteiger partial charge is 0.462 e. The number of esters is 2. The molecule has 5 heteroatoms. The molecule has 0 N–H and O–H groups in total. The van der Waals surface area contributed by atoms with Crippen LogP contribution in [0.25, 0.3) is 0 Å². The van der Waals surface area contributed by atoms with Gasteiger partial charge in [0.05, 0.1) is 6.61 Å². The summed E-state index contributed by atoms with van der Waals surface area (Å²) in [6, 6.07) is 0. The van der Waals surface area contributed by atoms with Crippen molar-refractivity contribution < 1.29 is 23.8 Å². The summed E-state index contributed by atoms with van der Waals surface area (Å²) < 4.78 is 17.3. The first-order valence-corrected chi connectivity index (χ1v) is 26.4. The standard InChI is InChI=1S/C61H96O5/c1-4-7-10-13-16-19-22-25-27-29-30-31-33-35-38-41-44-47-50-53-56-64-57-59(66-61(63)55-52-49-46-43-40-36-24-21-18-15-12-9-6-3)58-65-60(62)54-51-48-45-42-39-37-34-32-28-26-23-20-17-14-11-8-5-2/h7-12,16-21,25-28,30-31,35-36,38,40,44,47,59H,4-6,13-15,22-24,29,32-34,37,39,41-43,45-46,48-58H2,1-3H3/b10-7-,11-8-,12-9-,19-16-,20-17-,21-18-,27-25-,28-26-,31-30-,38-35-,40-36-,47-44-. The maximum absolute atomic E-state index is 12.8. The van der Waals surface area contributed by atoms with Gasteiger partial charge in [-0.2, -0.15) is 0 Å². The van der Waals surface area contributed by atoms with Crippen molar-refractivity contribution in [2.24, 2.45) is 0 Å². The molecule has 0 aliphatic carbocycles. The molecule has 0 heterocycles. The fourth-order valence-electron chi connectivity index (χ4n) is 6.55. The van der Waals surface area contributed by atoms with Crippen LogP contribution < -0.4 is 0 Å². The summed E-state index contributed by atoms with van der Waals surface area (Å²) in [6.07, 6.45) is 80.1. The summed E-state index contributed by atoms with van der Waals surface area (Å²) in [5.74, 6) is -0.487. The Labute approximate surface area is 406 Å². The molecule has 0 fully saturated rings. The van der Waals surface area contributed by atoms with Crippen LogP contribution in [0.15, 0.2) is 146 Å². The third kappa shape index (κ3) is 52.4. The van der Waals surface area contributed by atoms with Crippen LogP contribution in [-0.4, -0.2) is 37.9 Å². The Balaban J connectivity index is 4.45. The second kappa shape index (κ2) is 55.1. The molecule has 0 aliphatic rings. The van der Waals surface area contributed by atoms with Crippen LogP contribution >= 0.6 is 0 Å². The van der Waals surface area contributed by atoms with Crippen molar-refractivity contribution in [2.45, 2.75) is 207 Å². The van der Waals surface area contributed by atoms with Crippen molar-refractivity contribution in [1.29, 1.82) is 0 Å². The van der Waals surface area contributed by atoms with E-state index in [1.165, 1.54) is 25.7 Å². The molecule has 0 radical (unpaired) electrons. The van der Waals surface area contributed by atoms with Crippen LogP contribution in [0.4, 0.5) is 0 Å². The van der Waals surface area contributed by atoms with Gasteiger partial charge in [0.15, 0.2) is 6.10 Å². The van der Waals surface area contributed by atoms with Gasteiger partial charge in [-0.05, 0) is 128 Å². The van der Waals surface area contributed by atoms with E-state index in [2.05, 4.69) is 167 Å². The quantitative estimate of drug-likeness (QED) is 0.0346. The average molecular weight is 909 g/mol. The molecule has 0 aliphatic heterocycles. The Morgan fingerprint density at radius 2 is 0.636 bits per heavy atom. The highest BCUT2D eigenvalue weighted by Gasteiger charge is 2.17. The number of unbranched alkanes of at least 4 members (excludes halogenated alkanes) is 11. The zero-order valence-corrected chi connectivity index (χ0v) is 42.4. The highest BCUT2D eigenvalue weighted by atomic mass is 16.6. The molecule has 370 valence electrons. The Hall–Kier alpha value is -4.22. The van der Waals surface area contributed by atoms with Gasteiger partial charge in [0, 0.05) is 19.4 Å². The third-order valence-corrected chi connectivity index (χ3v) is 10.4. The molecule has 1 unspecified atom stereocenters. The molecule has 1 atom stereocenters. The fraction of sp³-hybridized carbons (Fsp3) is 0.574. The van der Waals surface area contributed by atoms with E-state index >= 15 is 0 Å². The summed E-state index contributed by atoms with van der Waals surface area (Å²) in [5.41, 5.74) is 0. The first-order chi connectivity index (χ1) is 32.6. The monoisotopic (exact) mass is 909 g/mol. The van der Waals surface area contributed by atoms with Gasteiger partial charge < -0.3 is 14.2 Å². The summed E-state index contributed by atoms with van der Waals surface area (Å²) >= 11 is 0. The van der Waals surface area contributed by atoms with Gasteiger partial charge in [-0.1, -0.05) is 205 Å². The first-order valence-electron chi connectivity index (χ1n) is 26.4. The van der Waals surface area contributed by atoms with Gasteiger partial charge in [0.2, 0.25) is 0 Å². The van der Waals surface area contributed by atoms with Crippen molar-refractivity contribution in [3.63, 3.8) is 0 Å². The van der Waals surface area contributed by atoms with E-state index in [9.17, 15) is 9.59 Å². The lowest BCUT2D eigenvalue weighted by molar-refractivity contribution is -0.163. The van der Waals surface area contributed by atoms with Crippen molar-refractivity contribution in [3.05, 3.63) is 146 Å². The van der Waals surface area contributed by atoms with E-state index in [-0.39, 0.29) is 25.2 Å². The minimum absolute atomic E-state index is 0.0346. The number of carbonyl (C=O) groups excluding carboxylic acids is 2. The first kappa shape index (κ1) is 61.8. The van der Waals surface area contributed by atoms with Crippen LogP contribution in [-0.2, 0) is 23.8 Å². The van der Waals surface area contributed by atoms with Gasteiger partial charge in [-0.25, -0.2) is 0 Å². The number of hydrogen-bond donors (Lipinski definition) is 0. The molecular weight excluding hydrogens is 813 g/mol. The van der Waals surface area contributed by atoms with E-state index in [0.717, 1.165) is 141 Å². The molecule has 0 spiro atoms. The normalized spacial score (nSPS) is 13.4. The lowest BCUT2D eigenvalue weighted by Gasteiger charge is -2.18. The fourth-order valence-corrected chi connectivity index (χ4v) is 6.55. The summed E-state index contributed by atoms with van der Waals surface area (Å²) in [6.45, 7) is 7.28. The van der Waals surface area contributed by atoms with E-state index < -0.39 is 6.10 Å². The highest BCUT2D eigenvalue weighted by Crippen LogP contribution is 2.12. The van der Waals surface area contributed by atoms with Crippen LogP contribution in [0.2, 0.25) is 0 Å². The van der Waals surface area contributed by atoms with E-state index in [1.807, 2.05) is 0 Å². The molecule has 0 aromatic carbocycles. The highest BCUT2D eigenvalue weighted by molar-refractivity contribution is 5.70. The Morgan fingerprint density at radius 3 is 1.03 bits per heavy atom. The Morgan fingerprint density at radius 1 is 0.333 bits per heavy atom. The molecule has 0 aromatic heterocycles. The molecule has 66 heavy (non-hydrogen) atoms. The van der Waals surface area contributed by atoms with Crippen LogP contribution in [0.3, 0.4) is 0 Å². The van der Waals surface area contributed by atoms with E-state index in [1.54, 1.807) is 0 Å². The number of hydrogen-bond acceptors (Lipinski definition) is 5. The van der Waals surface area contributed by atoms with Gasteiger partial charge >= 0.3 is 11.9 Å². The van der Waals surface area contributed by atoms with Crippen molar-refractivity contribution >= 4 is 11.9 Å². The predicted molar refractivity (Wildman–Crippen MR) is 288 cm³/mol. The molecule has 0 saturated carbocycles. The zero-order chi connectivity index (χ0) is 47.7. The predicted octanol–water partition coefficient (Wildman–Crippen LogP) is 18.1. The molecule has 0 rings (SSSR count). The summed E-state index contributed by atoms with van der Waals surface area (Å²) in [5, 5.41) is 0. The van der Waals surface area contributed by atoms with Crippen LogP contribution in [0, 0.1) is 0 Å². The number of ether oxygens (including phenoxy) is 3. The number of allylic oxidation sites excluding steroid dienone is 24. The molecule has 0 bridgehead atoms. The second-order valence-corrected chi connectivity index (χ2v) is 16.6. The lowest BCUT2D eigenvalue weighted by Crippen LogP contribution is -2.30. The van der Waals surface area contributed by atoms with E-state index in [4.69, 9.17) is 14.2 Å². The maximum atomic E-state index is 12.8. The van der Waals surface area contributed by atoms with Crippen LogP contribution in [0.1, 0.15) is 201 Å². The molecule has 5 nitrogen and oxygen atoms in total. The smallest absolute Gasteiger partial charge is 0.306 e. The maximum Gasteiger partial charge on any atom is 0.306 e. The molecule has 0 amide bonds. The molecule has 0 saturated heterocycles. The van der Waals surface area contributed by atoms with Gasteiger partial charge in [-0.3, -0.25) is 9.59 Å². The second-order valence-electron chi connectivity index (χ2n) is 16.6. The summed E-state index contributed by atoms with van der Waals surface area (Å²) in [4.78, 5) is 25.4. The third-order valence-electron chi connectivity index (χ3n) is 10.4. The SMILES string of the molecule is CC/C=C\C/C=C\C/C=C\C/C=C\C/C=C\C/C=C\CCCOCC(COC(=O)CCCCCCCCC/C=C\C/C=C\C/C=C\CC)OC(=O)CCCCC/C=C\C/C=C\C/C=C\CC. The van der Waals surface area contributed by atoms with Crippen molar-refractivity contribution in [2.75, 3.05) is 19.8 Å². The van der Waals surface area contributed by atoms with Crippen molar-refractivity contribution in [3.8, 4) is 0 Å². The summed E-state index contributed by atoms with van der Waals surface area (Å²) in [7, 11) is 0. The lowest BCUT2D eigenvalue weighted by atomic mass is 10.1. The minimum atomic E-state index is -0.597. The number of carbonyl (C=O) groups is 2. The molecular formula is C61H96O5. The number of rotatable bonds is 46. The Kier molecular flexibility index (Phi) is 51.6. The van der Waals surface area contributed by atoms with Gasteiger partial charge in [0.25, 0.3) is 0 Å².